The number of aryl methyl sites for hydroxylation is 1. The van der Waals surface area contributed by atoms with Crippen LogP contribution in [0.15, 0.2) is 18.2 Å². The Labute approximate surface area is 190 Å². The van der Waals surface area contributed by atoms with Gasteiger partial charge in [0.25, 0.3) is 0 Å². The first-order valence-corrected chi connectivity index (χ1v) is 11.6. The Morgan fingerprint density at radius 2 is 2.00 bits per heavy atom. The van der Waals surface area contributed by atoms with Crippen LogP contribution >= 0.6 is 0 Å². The van der Waals surface area contributed by atoms with Crippen molar-refractivity contribution in [3.8, 4) is 11.5 Å². The molecule has 0 N–H and O–H groups in total. The highest BCUT2D eigenvalue weighted by Crippen LogP contribution is 2.33. The molecule has 172 valence electrons. The fraction of sp³-hybridized carbons (Fsp3) is 0.560. The molecule has 32 heavy (non-hydrogen) atoms. The summed E-state index contributed by atoms with van der Waals surface area (Å²) in [6.07, 6.45) is 3.53. The van der Waals surface area contributed by atoms with E-state index in [1.165, 1.54) is 5.56 Å². The topological polar surface area (TPSA) is 67.8 Å². The predicted molar refractivity (Wildman–Crippen MR) is 125 cm³/mol. The Balaban J connectivity index is 1.51. The van der Waals surface area contributed by atoms with Gasteiger partial charge >= 0.3 is 0 Å². The molecule has 1 aromatic carbocycles. The van der Waals surface area contributed by atoms with E-state index in [1.54, 1.807) is 12.0 Å². The lowest BCUT2D eigenvalue weighted by Gasteiger charge is -2.33. The van der Waals surface area contributed by atoms with Crippen molar-refractivity contribution in [1.29, 1.82) is 0 Å². The van der Waals surface area contributed by atoms with Crippen molar-refractivity contribution in [3.05, 3.63) is 40.8 Å². The van der Waals surface area contributed by atoms with Crippen molar-refractivity contribution < 1.29 is 14.3 Å². The number of methoxy groups -OCH3 is 1. The zero-order valence-corrected chi connectivity index (χ0v) is 19.9. The van der Waals surface area contributed by atoms with Crippen molar-refractivity contribution >= 4 is 11.7 Å². The second-order valence-corrected chi connectivity index (χ2v) is 9.15. The molecule has 2 aliphatic rings. The lowest BCUT2D eigenvalue weighted by Crippen LogP contribution is -2.36. The number of likely N-dealkylation sites (tertiary alicyclic amines) is 1. The number of carbonyl (C=O) groups excluding carboxylic acids is 1. The van der Waals surface area contributed by atoms with E-state index >= 15 is 0 Å². The van der Waals surface area contributed by atoms with Crippen LogP contribution in [0.3, 0.4) is 0 Å². The molecule has 2 aliphatic heterocycles. The quantitative estimate of drug-likeness (QED) is 0.682. The van der Waals surface area contributed by atoms with E-state index in [0.29, 0.717) is 6.42 Å². The average Bonchev–Trinajstić information content (AvgIpc) is 2.76. The lowest BCUT2D eigenvalue weighted by atomic mass is 9.95. The molecule has 1 fully saturated rings. The van der Waals surface area contributed by atoms with Crippen LogP contribution in [0, 0.1) is 6.92 Å². The Kier molecular flexibility index (Phi) is 6.65. The van der Waals surface area contributed by atoms with Gasteiger partial charge in [0.15, 0.2) is 11.5 Å². The van der Waals surface area contributed by atoms with Crippen molar-refractivity contribution in [1.82, 2.24) is 14.9 Å². The van der Waals surface area contributed by atoms with Crippen LogP contribution in [0.2, 0.25) is 0 Å². The Morgan fingerprint density at radius 1 is 1.19 bits per heavy atom. The minimum atomic E-state index is 0.0907. The molecule has 0 aliphatic carbocycles. The number of rotatable bonds is 6. The fourth-order valence-electron chi connectivity index (χ4n) is 4.71. The first kappa shape index (κ1) is 22.5. The number of amides is 1. The number of piperidine rings is 1. The monoisotopic (exact) mass is 438 g/mol. The highest BCUT2D eigenvalue weighted by Gasteiger charge is 2.29. The van der Waals surface area contributed by atoms with Gasteiger partial charge in [-0.15, -0.1) is 0 Å². The van der Waals surface area contributed by atoms with Gasteiger partial charge in [0.05, 0.1) is 13.2 Å². The maximum atomic E-state index is 12.2. The number of hydrogen-bond acceptors (Lipinski definition) is 6. The largest absolute Gasteiger partial charge is 0.493 e. The van der Waals surface area contributed by atoms with Crippen LogP contribution in [0.25, 0.3) is 0 Å². The highest BCUT2D eigenvalue weighted by molar-refractivity contribution is 5.94. The summed E-state index contributed by atoms with van der Waals surface area (Å²) in [5.74, 6) is 3.61. The van der Waals surface area contributed by atoms with Gasteiger partial charge in [0, 0.05) is 43.7 Å². The molecule has 1 aromatic heterocycles. The molecule has 0 bridgehead atoms. The van der Waals surface area contributed by atoms with Crippen LogP contribution in [0.5, 0.6) is 11.5 Å². The van der Waals surface area contributed by atoms with Gasteiger partial charge in [-0.25, -0.2) is 9.97 Å². The second-order valence-electron chi connectivity index (χ2n) is 9.15. The first-order chi connectivity index (χ1) is 15.4. The molecule has 7 nitrogen and oxygen atoms in total. The van der Waals surface area contributed by atoms with Gasteiger partial charge in [-0.3, -0.25) is 14.6 Å². The molecule has 1 unspecified atom stereocenters. The number of fused-ring (bicyclic) bond motifs is 1. The summed E-state index contributed by atoms with van der Waals surface area (Å²) < 4.78 is 11.4. The number of ether oxygens (including phenoxy) is 2. The number of carbonyl (C=O) groups is 1. The molecule has 4 rings (SSSR count). The maximum absolute atomic E-state index is 12.2. The van der Waals surface area contributed by atoms with Gasteiger partial charge in [-0.2, -0.15) is 0 Å². The van der Waals surface area contributed by atoms with E-state index in [1.807, 2.05) is 33.9 Å². The third-order valence-electron chi connectivity index (χ3n) is 6.36. The van der Waals surface area contributed by atoms with E-state index in [2.05, 4.69) is 17.0 Å². The standard InChI is InChI=1S/C25H34N4O3/c1-16(2)32-22-13-18(8-10-21(22)31-5)14-29-12-6-7-19(15-29)24-26-17(3)20-9-11-23(30)28(4)25(20)27-24/h8,10,13,16,19H,6-7,9,11-12,14-15H2,1-5H3. The van der Waals surface area contributed by atoms with E-state index in [4.69, 9.17) is 19.4 Å². The normalized spacial score (nSPS) is 19.2. The van der Waals surface area contributed by atoms with Gasteiger partial charge in [-0.1, -0.05) is 6.07 Å². The summed E-state index contributed by atoms with van der Waals surface area (Å²) in [5, 5.41) is 0. The summed E-state index contributed by atoms with van der Waals surface area (Å²) in [4.78, 5) is 26.1. The summed E-state index contributed by atoms with van der Waals surface area (Å²) in [7, 11) is 3.49. The van der Waals surface area contributed by atoms with Gasteiger partial charge in [0.2, 0.25) is 5.91 Å². The molecule has 1 atom stereocenters. The van der Waals surface area contributed by atoms with E-state index in [9.17, 15) is 4.79 Å². The summed E-state index contributed by atoms with van der Waals surface area (Å²) >= 11 is 0. The molecular weight excluding hydrogens is 404 g/mol. The van der Waals surface area contributed by atoms with Crippen molar-refractivity contribution in [3.63, 3.8) is 0 Å². The third kappa shape index (κ3) is 4.72. The average molecular weight is 439 g/mol. The van der Waals surface area contributed by atoms with Crippen LogP contribution in [0.4, 0.5) is 5.82 Å². The van der Waals surface area contributed by atoms with Crippen molar-refractivity contribution in [2.24, 2.45) is 0 Å². The molecule has 1 amide bonds. The summed E-state index contributed by atoms with van der Waals surface area (Å²) in [6, 6.07) is 6.18. The van der Waals surface area contributed by atoms with E-state index < -0.39 is 0 Å². The van der Waals surface area contributed by atoms with E-state index in [0.717, 1.165) is 73.3 Å². The van der Waals surface area contributed by atoms with Crippen LogP contribution in [-0.4, -0.2) is 54.1 Å². The zero-order chi connectivity index (χ0) is 22.8. The van der Waals surface area contributed by atoms with Crippen molar-refractivity contribution in [2.75, 3.05) is 32.1 Å². The molecule has 7 heteroatoms. The molecule has 0 spiro atoms. The highest BCUT2D eigenvalue weighted by atomic mass is 16.5. The van der Waals surface area contributed by atoms with Crippen LogP contribution < -0.4 is 14.4 Å². The lowest BCUT2D eigenvalue weighted by molar-refractivity contribution is -0.118. The van der Waals surface area contributed by atoms with E-state index in [-0.39, 0.29) is 17.9 Å². The molecule has 2 aromatic rings. The van der Waals surface area contributed by atoms with Crippen LogP contribution in [-0.2, 0) is 17.8 Å². The molecule has 0 saturated carbocycles. The minimum absolute atomic E-state index is 0.0907. The molecule has 3 heterocycles. The third-order valence-corrected chi connectivity index (χ3v) is 6.36. The zero-order valence-electron chi connectivity index (χ0n) is 19.9. The molecule has 1 saturated heterocycles. The van der Waals surface area contributed by atoms with Gasteiger partial charge < -0.3 is 9.47 Å². The predicted octanol–water partition coefficient (Wildman–Crippen LogP) is 3.87. The maximum Gasteiger partial charge on any atom is 0.228 e. The van der Waals surface area contributed by atoms with Crippen molar-refractivity contribution in [2.45, 2.75) is 65.0 Å². The molecular formula is C25H34N4O3. The molecule has 0 radical (unpaired) electrons. The smallest absolute Gasteiger partial charge is 0.228 e. The number of aromatic nitrogens is 2. The van der Waals surface area contributed by atoms with Gasteiger partial charge in [-0.05, 0) is 64.3 Å². The number of hydrogen-bond donors (Lipinski definition) is 0. The Bertz CT molecular complexity index is 991. The number of benzene rings is 1. The SMILES string of the molecule is COc1ccc(CN2CCCC(c3nc(C)c4c(n3)N(C)C(=O)CC4)C2)cc1OC(C)C. The second kappa shape index (κ2) is 9.45. The van der Waals surface area contributed by atoms with Crippen LogP contribution in [0.1, 0.15) is 61.7 Å². The minimum Gasteiger partial charge on any atom is -0.493 e. The number of anilines is 1. The summed E-state index contributed by atoms with van der Waals surface area (Å²) in [5.41, 5.74) is 3.32. The fourth-order valence-corrected chi connectivity index (χ4v) is 4.71. The number of nitrogens with zero attached hydrogens (tertiary/aromatic N) is 4. The summed E-state index contributed by atoms with van der Waals surface area (Å²) in [6.45, 7) is 8.88. The van der Waals surface area contributed by atoms with Gasteiger partial charge in [0.1, 0.15) is 11.6 Å². The first-order valence-electron chi connectivity index (χ1n) is 11.6. The Hall–Kier alpha value is -2.67. The Morgan fingerprint density at radius 3 is 2.75 bits per heavy atom.